The largest absolute Gasteiger partial charge is 0.344 e. The molecule has 0 saturated heterocycles. The predicted octanol–water partition coefficient (Wildman–Crippen LogP) is 3.60. The van der Waals surface area contributed by atoms with E-state index in [9.17, 15) is 4.79 Å². The van der Waals surface area contributed by atoms with Crippen molar-refractivity contribution in [2.45, 2.75) is 24.8 Å². The summed E-state index contributed by atoms with van der Waals surface area (Å²) in [5, 5.41) is 2.97. The van der Waals surface area contributed by atoms with Crippen LogP contribution in [0.5, 0.6) is 0 Å². The minimum absolute atomic E-state index is 0.0410. The summed E-state index contributed by atoms with van der Waals surface area (Å²) in [5.41, 5.74) is 2.39. The summed E-state index contributed by atoms with van der Waals surface area (Å²) >= 11 is 1.70. The van der Waals surface area contributed by atoms with Crippen LogP contribution in [0.25, 0.3) is 0 Å². The third kappa shape index (κ3) is 3.61. The van der Waals surface area contributed by atoms with E-state index < -0.39 is 0 Å². The molecule has 2 aromatic rings. The molecule has 4 heteroatoms. The van der Waals surface area contributed by atoms with Crippen LogP contribution in [0.2, 0.25) is 0 Å². The van der Waals surface area contributed by atoms with Crippen LogP contribution in [-0.4, -0.2) is 17.1 Å². The van der Waals surface area contributed by atoms with Gasteiger partial charge in [0.05, 0.1) is 6.04 Å². The Morgan fingerprint density at radius 1 is 1.20 bits per heavy atom. The van der Waals surface area contributed by atoms with E-state index >= 15 is 0 Å². The van der Waals surface area contributed by atoms with Crippen LogP contribution >= 0.6 is 11.8 Å². The predicted molar refractivity (Wildman–Crippen MR) is 83.1 cm³/mol. The highest BCUT2D eigenvalue weighted by molar-refractivity contribution is 7.98. The second kappa shape index (κ2) is 6.57. The summed E-state index contributed by atoms with van der Waals surface area (Å²) < 4.78 is 0. The Morgan fingerprint density at radius 3 is 2.50 bits per heavy atom. The van der Waals surface area contributed by atoms with Crippen molar-refractivity contribution in [2.75, 3.05) is 6.26 Å². The van der Waals surface area contributed by atoms with Gasteiger partial charge in [-0.2, -0.15) is 0 Å². The van der Waals surface area contributed by atoms with Crippen molar-refractivity contribution in [2.24, 2.45) is 0 Å². The average Bonchev–Trinajstić information content (AvgIpc) is 2.47. The van der Waals surface area contributed by atoms with Crippen LogP contribution in [0, 0.1) is 6.92 Å². The van der Waals surface area contributed by atoms with Gasteiger partial charge in [0.25, 0.3) is 5.91 Å². The highest BCUT2D eigenvalue weighted by Gasteiger charge is 2.12. The lowest BCUT2D eigenvalue weighted by Crippen LogP contribution is -2.27. The maximum Gasteiger partial charge on any atom is 0.270 e. The molecular weight excluding hydrogens is 268 g/mol. The number of nitrogens with one attached hydrogen (secondary N) is 1. The number of carbonyl (C=O) groups is 1. The highest BCUT2D eigenvalue weighted by Crippen LogP contribution is 2.19. The van der Waals surface area contributed by atoms with Gasteiger partial charge in [0.1, 0.15) is 5.69 Å². The van der Waals surface area contributed by atoms with Crippen molar-refractivity contribution in [1.82, 2.24) is 10.3 Å². The van der Waals surface area contributed by atoms with Crippen LogP contribution < -0.4 is 5.32 Å². The summed E-state index contributed by atoms with van der Waals surface area (Å²) in [5.74, 6) is -0.143. The maximum atomic E-state index is 12.1. The molecule has 1 atom stereocenters. The normalized spacial score (nSPS) is 11.9. The van der Waals surface area contributed by atoms with E-state index in [2.05, 4.69) is 22.4 Å². The zero-order valence-electron chi connectivity index (χ0n) is 11.9. The Labute approximate surface area is 123 Å². The lowest BCUT2D eigenvalue weighted by Gasteiger charge is -2.14. The number of nitrogens with zero attached hydrogens (tertiary/aromatic N) is 1. The Kier molecular flexibility index (Phi) is 4.79. The third-order valence-electron chi connectivity index (χ3n) is 3.08. The molecule has 20 heavy (non-hydrogen) atoms. The Hall–Kier alpha value is -1.81. The van der Waals surface area contributed by atoms with E-state index in [0.29, 0.717) is 5.69 Å². The van der Waals surface area contributed by atoms with Crippen molar-refractivity contribution >= 4 is 17.7 Å². The zero-order chi connectivity index (χ0) is 14.5. The minimum Gasteiger partial charge on any atom is -0.344 e. The van der Waals surface area contributed by atoms with E-state index in [1.165, 1.54) is 4.90 Å². The monoisotopic (exact) mass is 286 g/mol. The van der Waals surface area contributed by atoms with E-state index in [1.807, 2.05) is 44.4 Å². The third-order valence-corrected chi connectivity index (χ3v) is 3.83. The van der Waals surface area contributed by atoms with Gasteiger partial charge in [-0.15, -0.1) is 11.8 Å². The summed E-state index contributed by atoms with van der Waals surface area (Å²) in [6.45, 7) is 3.85. The minimum atomic E-state index is -0.143. The van der Waals surface area contributed by atoms with Crippen molar-refractivity contribution in [3.8, 4) is 0 Å². The second-order valence-corrected chi connectivity index (χ2v) is 5.51. The number of hydrogen-bond acceptors (Lipinski definition) is 3. The number of aromatic nitrogens is 1. The topological polar surface area (TPSA) is 42.0 Å². The molecule has 0 aliphatic carbocycles. The van der Waals surface area contributed by atoms with Crippen LogP contribution in [0.3, 0.4) is 0 Å². The van der Waals surface area contributed by atoms with E-state index in [-0.39, 0.29) is 11.9 Å². The standard InChI is InChI=1S/C16H18N2OS/c1-11-5-4-6-15(17-11)16(19)18-12(2)13-7-9-14(20-3)10-8-13/h4-10,12H,1-3H3,(H,18,19)/t12-/m0/s1. The molecule has 1 heterocycles. The second-order valence-electron chi connectivity index (χ2n) is 4.63. The highest BCUT2D eigenvalue weighted by atomic mass is 32.2. The number of carbonyl (C=O) groups excluding carboxylic acids is 1. The molecule has 0 aliphatic heterocycles. The van der Waals surface area contributed by atoms with Gasteiger partial charge in [-0.3, -0.25) is 4.79 Å². The van der Waals surface area contributed by atoms with Gasteiger partial charge < -0.3 is 5.32 Å². The van der Waals surface area contributed by atoms with Gasteiger partial charge in [0, 0.05) is 10.6 Å². The smallest absolute Gasteiger partial charge is 0.270 e. The van der Waals surface area contributed by atoms with E-state index in [4.69, 9.17) is 0 Å². The van der Waals surface area contributed by atoms with Gasteiger partial charge >= 0.3 is 0 Å². The van der Waals surface area contributed by atoms with Gasteiger partial charge in [0.15, 0.2) is 0 Å². The number of pyridine rings is 1. The Morgan fingerprint density at radius 2 is 1.90 bits per heavy atom. The molecule has 104 valence electrons. The molecule has 0 aliphatic rings. The number of rotatable bonds is 4. The number of aryl methyl sites for hydroxylation is 1. The van der Waals surface area contributed by atoms with Crippen LogP contribution in [-0.2, 0) is 0 Å². The van der Waals surface area contributed by atoms with Crippen molar-refractivity contribution in [3.05, 3.63) is 59.4 Å². The van der Waals surface area contributed by atoms with Crippen LogP contribution in [0.1, 0.15) is 34.7 Å². The van der Waals surface area contributed by atoms with Crippen molar-refractivity contribution < 1.29 is 4.79 Å². The lowest BCUT2D eigenvalue weighted by molar-refractivity contribution is 0.0934. The van der Waals surface area contributed by atoms with E-state index in [1.54, 1.807) is 17.8 Å². The number of thioether (sulfide) groups is 1. The van der Waals surface area contributed by atoms with Crippen LogP contribution in [0.4, 0.5) is 0 Å². The van der Waals surface area contributed by atoms with Gasteiger partial charge in [-0.05, 0) is 49.9 Å². The van der Waals surface area contributed by atoms with Crippen molar-refractivity contribution in [3.63, 3.8) is 0 Å². The molecule has 0 saturated carbocycles. The molecule has 0 fully saturated rings. The molecule has 2 rings (SSSR count). The number of benzene rings is 1. The fraction of sp³-hybridized carbons (Fsp3) is 0.250. The molecule has 0 unspecified atom stereocenters. The first kappa shape index (κ1) is 14.6. The van der Waals surface area contributed by atoms with E-state index in [0.717, 1.165) is 11.3 Å². The molecule has 1 aromatic heterocycles. The maximum absolute atomic E-state index is 12.1. The first-order chi connectivity index (χ1) is 9.60. The summed E-state index contributed by atoms with van der Waals surface area (Å²) in [6.07, 6.45) is 2.05. The Bertz CT molecular complexity index is 596. The Balaban J connectivity index is 2.06. The number of hydrogen-bond donors (Lipinski definition) is 1. The molecule has 1 aromatic carbocycles. The first-order valence-corrected chi connectivity index (χ1v) is 7.71. The molecule has 0 spiro atoms. The SMILES string of the molecule is CSc1ccc([C@H](C)NC(=O)c2cccc(C)n2)cc1. The first-order valence-electron chi connectivity index (χ1n) is 6.48. The fourth-order valence-electron chi connectivity index (χ4n) is 1.92. The molecule has 1 N–H and O–H groups in total. The fourth-order valence-corrected chi connectivity index (χ4v) is 2.32. The molecular formula is C16H18N2OS. The molecule has 0 bridgehead atoms. The van der Waals surface area contributed by atoms with Crippen LogP contribution in [0.15, 0.2) is 47.4 Å². The lowest BCUT2D eigenvalue weighted by atomic mass is 10.1. The quantitative estimate of drug-likeness (QED) is 0.873. The summed E-state index contributed by atoms with van der Waals surface area (Å²) in [6, 6.07) is 13.6. The number of amides is 1. The summed E-state index contributed by atoms with van der Waals surface area (Å²) in [4.78, 5) is 17.6. The average molecular weight is 286 g/mol. The molecule has 0 radical (unpaired) electrons. The molecule has 3 nitrogen and oxygen atoms in total. The van der Waals surface area contributed by atoms with Gasteiger partial charge in [-0.1, -0.05) is 18.2 Å². The van der Waals surface area contributed by atoms with Crippen molar-refractivity contribution in [1.29, 1.82) is 0 Å². The van der Waals surface area contributed by atoms with Gasteiger partial charge in [-0.25, -0.2) is 4.98 Å². The summed E-state index contributed by atoms with van der Waals surface area (Å²) in [7, 11) is 0. The zero-order valence-corrected chi connectivity index (χ0v) is 12.7. The molecule has 1 amide bonds. The van der Waals surface area contributed by atoms with Gasteiger partial charge in [0.2, 0.25) is 0 Å².